The fourth-order valence-electron chi connectivity index (χ4n) is 1.97. The van der Waals surface area contributed by atoms with Gasteiger partial charge in [0.25, 0.3) is 11.8 Å². The van der Waals surface area contributed by atoms with Gasteiger partial charge < -0.3 is 16.8 Å². The average Bonchev–Trinajstić information content (AvgIpc) is 2.60. The molecular weight excluding hydrogens is 267 g/mol. The SMILES string of the molecule is CN1C(=O)CC(Nc2cc(C(N)=O)c(N)cc2F)C1=O. The van der Waals surface area contributed by atoms with Gasteiger partial charge in [0.1, 0.15) is 11.9 Å². The molecule has 1 aliphatic rings. The standard InChI is InChI=1S/C12H13FN4O3/c1-17-10(18)4-9(12(17)20)16-8-2-5(11(15)19)7(14)3-6(8)13/h2-3,9,16H,4,14H2,1H3,(H2,15,19). The van der Waals surface area contributed by atoms with Crippen molar-refractivity contribution < 1.29 is 18.8 Å². The Morgan fingerprint density at radius 2 is 2.10 bits per heavy atom. The molecule has 0 aliphatic carbocycles. The molecule has 1 saturated heterocycles. The molecule has 0 spiro atoms. The van der Waals surface area contributed by atoms with Crippen LogP contribution in [0.5, 0.6) is 0 Å². The van der Waals surface area contributed by atoms with E-state index in [1.165, 1.54) is 7.05 Å². The van der Waals surface area contributed by atoms with Crippen molar-refractivity contribution in [3.05, 3.63) is 23.5 Å². The monoisotopic (exact) mass is 280 g/mol. The van der Waals surface area contributed by atoms with E-state index >= 15 is 0 Å². The number of benzene rings is 1. The average molecular weight is 280 g/mol. The van der Waals surface area contributed by atoms with E-state index in [4.69, 9.17) is 11.5 Å². The summed E-state index contributed by atoms with van der Waals surface area (Å²) in [4.78, 5) is 35.2. The van der Waals surface area contributed by atoms with Crippen LogP contribution in [0.15, 0.2) is 12.1 Å². The third kappa shape index (κ3) is 2.27. The van der Waals surface area contributed by atoms with Crippen LogP contribution in [0.3, 0.4) is 0 Å². The van der Waals surface area contributed by atoms with Crippen LogP contribution in [0.4, 0.5) is 15.8 Å². The molecule has 106 valence electrons. The van der Waals surface area contributed by atoms with Gasteiger partial charge in [-0.05, 0) is 12.1 Å². The van der Waals surface area contributed by atoms with Crippen LogP contribution in [-0.4, -0.2) is 35.7 Å². The maximum absolute atomic E-state index is 13.8. The lowest BCUT2D eigenvalue weighted by Gasteiger charge is -2.14. The van der Waals surface area contributed by atoms with Gasteiger partial charge in [-0.25, -0.2) is 4.39 Å². The zero-order valence-electron chi connectivity index (χ0n) is 10.6. The second-order valence-corrected chi connectivity index (χ2v) is 4.48. The van der Waals surface area contributed by atoms with E-state index in [0.717, 1.165) is 17.0 Å². The van der Waals surface area contributed by atoms with E-state index < -0.39 is 23.7 Å². The summed E-state index contributed by atoms with van der Waals surface area (Å²) >= 11 is 0. The van der Waals surface area contributed by atoms with E-state index in [9.17, 15) is 18.8 Å². The molecule has 1 aliphatic heterocycles. The van der Waals surface area contributed by atoms with Gasteiger partial charge >= 0.3 is 0 Å². The van der Waals surface area contributed by atoms with Crippen LogP contribution in [0, 0.1) is 5.82 Å². The van der Waals surface area contributed by atoms with Gasteiger partial charge in [0.15, 0.2) is 0 Å². The third-order valence-electron chi connectivity index (χ3n) is 3.12. The molecule has 7 nitrogen and oxygen atoms in total. The van der Waals surface area contributed by atoms with E-state index in [2.05, 4.69) is 5.32 Å². The number of hydrogen-bond acceptors (Lipinski definition) is 5. The molecule has 0 saturated carbocycles. The Morgan fingerprint density at radius 3 is 2.60 bits per heavy atom. The minimum absolute atomic E-state index is 0.0565. The largest absolute Gasteiger partial charge is 0.398 e. The Kier molecular flexibility index (Phi) is 3.31. The van der Waals surface area contributed by atoms with Crippen molar-refractivity contribution in [1.29, 1.82) is 0 Å². The molecule has 8 heteroatoms. The summed E-state index contributed by atoms with van der Waals surface area (Å²) in [6, 6.07) is 1.20. The molecule has 1 atom stereocenters. The number of likely N-dealkylation sites (tertiary alicyclic amines) is 1. The van der Waals surface area contributed by atoms with Gasteiger partial charge in [-0.2, -0.15) is 0 Å². The summed E-state index contributed by atoms with van der Waals surface area (Å²) in [5, 5.41) is 2.59. The number of imide groups is 1. The van der Waals surface area contributed by atoms with Crippen molar-refractivity contribution in [1.82, 2.24) is 4.90 Å². The number of rotatable bonds is 3. The molecule has 1 unspecified atom stereocenters. The minimum Gasteiger partial charge on any atom is -0.398 e. The molecule has 2 rings (SSSR count). The van der Waals surface area contributed by atoms with Gasteiger partial charge in [0.2, 0.25) is 5.91 Å². The summed E-state index contributed by atoms with van der Waals surface area (Å²) in [5.74, 6) is -2.37. The first-order valence-corrected chi connectivity index (χ1v) is 5.77. The van der Waals surface area contributed by atoms with Crippen LogP contribution in [0.2, 0.25) is 0 Å². The lowest BCUT2D eigenvalue weighted by atomic mass is 10.1. The number of hydrogen-bond donors (Lipinski definition) is 3. The van der Waals surface area contributed by atoms with Crippen molar-refractivity contribution in [2.75, 3.05) is 18.1 Å². The summed E-state index contributed by atoms with van der Waals surface area (Å²) in [6.07, 6.45) is -0.0783. The topological polar surface area (TPSA) is 119 Å². The number of nitrogens with zero attached hydrogens (tertiary/aromatic N) is 1. The molecule has 0 aromatic heterocycles. The molecule has 1 heterocycles. The van der Waals surface area contributed by atoms with Crippen LogP contribution in [-0.2, 0) is 9.59 Å². The van der Waals surface area contributed by atoms with Crippen LogP contribution in [0.1, 0.15) is 16.8 Å². The van der Waals surface area contributed by atoms with Crippen LogP contribution in [0.25, 0.3) is 0 Å². The van der Waals surface area contributed by atoms with Crippen molar-refractivity contribution in [2.24, 2.45) is 5.73 Å². The van der Waals surface area contributed by atoms with Crippen molar-refractivity contribution in [3.8, 4) is 0 Å². The lowest BCUT2D eigenvalue weighted by molar-refractivity contribution is -0.136. The number of nitrogen functional groups attached to an aromatic ring is 1. The highest BCUT2D eigenvalue weighted by atomic mass is 19.1. The van der Waals surface area contributed by atoms with Gasteiger partial charge in [-0.3, -0.25) is 19.3 Å². The highest BCUT2D eigenvalue weighted by Crippen LogP contribution is 2.24. The predicted molar refractivity (Wildman–Crippen MR) is 69.1 cm³/mol. The Hall–Kier alpha value is -2.64. The second-order valence-electron chi connectivity index (χ2n) is 4.48. The normalized spacial score (nSPS) is 18.5. The molecule has 5 N–H and O–H groups in total. The fraction of sp³-hybridized carbons (Fsp3) is 0.250. The molecule has 1 fully saturated rings. The van der Waals surface area contributed by atoms with E-state index in [1.807, 2.05) is 0 Å². The van der Waals surface area contributed by atoms with Gasteiger partial charge in [-0.15, -0.1) is 0 Å². The Balaban J connectivity index is 2.30. The smallest absolute Gasteiger partial charge is 0.251 e. The summed E-state index contributed by atoms with van der Waals surface area (Å²) in [7, 11) is 1.35. The summed E-state index contributed by atoms with van der Waals surface area (Å²) in [5.41, 5.74) is 10.3. The highest BCUT2D eigenvalue weighted by molar-refractivity contribution is 6.06. The number of nitrogens with one attached hydrogen (secondary N) is 1. The molecule has 20 heavy (non-hydrogen) atoms. The Labute approximate surface area is 113 Å². The highest BCUT2D eigenvalue weighted by Gasteiger charge is 2.36. The summed E-state index contributed by atoms with van der Waals surface area (Å²) < 4.78 is 13.8. The number of anilines is 2. The van der Waals surface area contributed by atoms with E-state index in [-0.39, 0.29) is 29.3 Å². The van der Waals surface area contributed by atoms with Gasteiger partial charge in [0.05, 0.1) is 17.7 Å². The summed E-state index contributed by atoms with van der Waals surface area (Å²) in [6.45, 7) is 0. The number of nitrogens with two attached hydrogens (primary N) is 2. The van der Waals surface area contributed by atoms with Crippen molar-refractivity contribution >= 4 is 29.1 Å². The first kappa shape index (κ1) is 13.8. The lowest BCUT2D eigenvalue weighted by Crippen LogP contribution is -2.32. The maximum Gasteiger partial charge on any atom is 0.251 e. The number of carbonyl (C=O) groups is 3. The minimum atomic E-state index is -0.869. The van der Waals surface area contributed by atoms with E-state index in [1.54, 1.807) is 0 Å². The zero-order valence-corrected chi connectivity index (χ0v) is 10.6. The quantitative estimate of drug-likeness (QED) is 0.517. The number of primary amides is 1. The molecule has 0 bridgehead atoms. The predicted octanol–water partition coefficient (Wildman–Crippen LogP) is -0.324. The number of likely N-dealkylation sites (N-methyl/N-ethyl adjacent to an activating group) is 1. The molecule has 3 amide bonds. The third-order valence-corrected chi connectivity index (χ3v) is 3.12. The first-order valence-electron chi connectivity index (χ1n) is 5.77. The molecule has 0 radical (unpaired) electrons. The van der Waals surface area contributed by atoms with Crippen LogP contribution < -0.4 is 16.8 Å². The maximum atomic E-state index is 13.8. The number of carbonyl (C=O) groups excluding carboxylic acids is 3. The first-order chi connectivity index (χ1) is 9.31. The molecule has 1 aromatic rings. The van der Waals surface area contributed by atoms with E-state index in [0.29, 0.717) is 0 Å². The molecular formula is C12H13FN4O3. The Morgan fingerprint density at radius 1 is 1.45 bits per heavy atom. The van der Waals surface area contributed by atoms with Gasteiger partial charge in [0, 0.05) is 12.7 Å². The van der Waals surface area contributed by atoms with Crippen molar-refractivity contribution in [3.63, 3.8) is 0 Å². The second kappa shape index (κ2) is 4.80. The number of amides is 3. The van der Waals surface area contributed by atoms with Gasteiger partial charge in [-0.1, -0.05) is 0 Å². The number of halogens is 1. The Bertz CT molecular complexity index is 617. The molecule has 1 aromatic carbocycles. The van der Waals surface area contributed by atoms with Crippen molar-refractivity contribution in [2.45, 2.75) is 12.5 Å². The fourth-order valence-corrected chi connectivity index (χ4v) is 1.97. The zero-order chi connectivity index (χ0) is 15.0. The van der Waals surface area contributed by atoms with Crippen LogP contribution >= 0.6 is 0 Å².